The van der Waals surface area contributed by atoms with Crippen molar-refractivity contribution in [3.05, 3.63) is 39.1 Å². The number of piperidine rings is 1. The smallest absolute Gasteiger partial charge is 0.252 e. The summed E-state index contributed by atoms with van der Waals surface area (Å²) in [6, 6.07) is 9.06. The van der Waals surface area contributed by atoms with Crippen LogP contribution in [0.4, 0.5) is 5.13 Å². The summed E-state index contributed by atoms with van der Waals surface area (Å²) >= 11 is 12.0. The first-order chi connectivity index (χ1) is 16.7. The van der Waals surface area contributed by atoms with Crippen molar-refractivity contribution in [3.63, 3.8) is 0 Å². The molecule has 4 rings (SSSR count). The molecular formula is C23H28BrClN4O3S3. The van der Waals surface area contributed by atoms with Crippen molar-refractivity contribution in [1.29, 1.82) is 0 Å². The molecule has 1 aliphatic heterocycles. The number of amides is 1. The Kier molecular flexibility index (Phi) is 8.89. The number of benzene rings is 1. The molecule has 0 saturated carbocycles. The molecule has 1 aromatic carbocycles. The van der Waals surface area contributed by atoms with Gasteiger partial charge in [-0.15, -0.1) is 11.3 Å². The average molecular weight is 620 g/mol. The van der Waals surface area contributed by atoms with E-state index in [0.29, 0.717) is 41.9 Å². The molecule has 0 unspecified atom stereocenters. The minimum atomic E-state index is -3.59. The highest BCUT2D eigenvalue weighted by atomic mass is 79.9. The fourth-order valence-electron chi connectivity index (χ4n) is 4.21. The minimum Gasteiger partial charge on any atom is -0.302 e. The SMILES string of the molecule is CCN(CC)CCN(C(=O)C1CCN(S(=O)(=O)c2ccc(Cl)s2)CC1)c1nc2ccc(Br)cc2s1. The van der Waals surface area contributed by atoms with Crippen LogP contribution in [0.3, 0.4) is 0 Å². The van der Waals surface area contributed by atoms with Gasteiger partial charge >= 0.3 is 0 Å². The van der Waals surface area contributed by atoms with Gasteiger partial charge in [0.15, 0.2) is 5.13 Å². The number of halogens is 2. The number of fused-ring (bicyclic) bond motifs is 1. The van der Waals surface area contributed by atoms with Crippen LogP contribution in [-0.4, -0.2) is 67.8 Å². The van der Waals surface area contributed by atoms with Gasteiger partial charge in [-0.3, -0.25) is 9.69 Å². The number of thiophene rings is 1. The Morgan fingerprint density at radius 3 is 2.49 bits per heavy atom. The highest BCUT2D eigenvalue weighted by Crippen LogP contribution is 2.34. The van der Waals surface area contributed by atoms with Crippen LogP contribution in [0.5, 0.6) is 0 Å². The number of likely N-dealkylation sites (N-methyl/N-ethyl adjacent to an activating group) is 1. The van der Waals surface area contributed by atoms with Crippen LogP contribution in [0.25, 0.3) is 10.2 Å². The van der Waals surface area contributed by atoms with Crippen molar-refractivity contribution in [3.8, 4) is 0 Å². The first kappa shape index (κ1) is 27.0. The molecule has 0 aliphatic carbocycles. The predicted octanol–water partition coefficient (Wildman–Crippen LogP) is 5.55. The van der Waals surface area contributed by atoms with Gasteiger partial charge in [0, 0.05) is 36.6 Å². The lowest BCUT2D eigenvalue weighted by molar-refractivity contribution is -0.123. The Morgan fingerprint density at radius 1 is 1.14 bits per heavy atom. The lowest BCUT2D eigenvalue weighted by atomic mass is 9.96. The highest BCUT2D eigenvalue weighted by molar-refractivity contribution is 9.10. The molecule has 190 valence electrons. The van der Waals surface area contributed by atoms with E-state index in [0.717, 1.165) is 45.7 Å². The summed E-state index contributed by atoms with van der Waals surface area (Å²) in [5, 5.41) is 0.693. The monoisotopic (exact) mass is 618 g/mol. The van der Waals surface area contributed by atoms with Crippen molar-refractivity contribution in [2.75, 3.05) is 44.2 Å². The third kappa shape index (κ3) is 6.08. The van der Waals surface area contributed by atoms with E-state index >= 15 is 0 Å². The topological polar surface area (TPSA) is 73.8 Å². The summed E-state index contributed by atoms with van der Waals surface area (Å²) in [4.78, 5) is 22.6. The summed E-state index contributed by atoms with van der Waals surface area (Å²) in [6.07, 6.45) is 0.963. The maximum atomic E-state index is 13.7. The molecule has 1 aliphatic rings. The molecule has 1 saturated heterocycles. The van der Waals surface area contributed by atoms with E-state index < -0.39 is 10.0 Å². The maximum absolute atomic E-state index is 13.7. The zero-order valence-electron chi connectivity index (χ0n) is 19.6. The lowest BCUT2D eigenvalue weighted by Crippen LogP contribution is -2.46. The molecule has 35 heavy (non-hydrogen) atoms. The Bertz CT molecular complexity index is 1280. The molecule has 0 atom stereocenters. The fraction of sp³-hybridized carbons (Fsp3) is 0.478. The number of carbonyl (C=O) groups excluding carboxylic acids is 1. The van der Waals surface area contributed by atoms with E-state index in [-0.39, 0.29) is 16.0 Å². The largest absolute Gasteiger partial charge is 0.302 e. The summed E-state index contributed by atoms with van der Waals surface area (Å²) in [7, 11) is -3.59. The second kappa shape index (κ2) is 11.5. The fourth-order valence-corrected chi connectivity index (χ4v) is 8.87. The molecule has 12 heteroatoms. The van der Waals surface area contributed by atoms with Crippen molar-refractivity contribution >= 4 is 81.5 Å². The van der Waals surface area contributed by atoms with Crippen LogP contribution in [0, 0.1) is 5.92 Å². The van der Waals surface area contributed by atoms with Gasteiger partial charge in [-0.1, -0.05) is 52.7 Å². The highest BCUT2D eigenvalue weighted by Gasteiger charge is 2.35. The zero-order chi connectivity index (χ0) is 25.2. The molecule has 1 fully saturated rings. The van der Waals surface area contributed by atoms with Crippen molar-refractivity contribution in [2.24, 2.45) is 5.92 Å². The molecule has 0 bridgehead atoms. The van der Waals surface area contributed by atoms with Crippen molar-refractivity contribution in [2.45, 2.75) is 30.9 Å². The number of anilines is 1. The number of hydrogen-bond donors (Lipinski definition) is 0. The van der Waals surface area contributed by atoms with Crippen molar-refractivity contribution in [1.82, 2.24) is 14.2 Å². The molecule has 7 nitrogen and oxygen atoms in total. The molecule has 3 aromatic rings. The van der Waals surface area contributed by atoms with E-state index in [1.807, 2.05) is 23.1 Å². The zero-order valence-corrected chi connectivity index (χ0v) is 24.4. The first-order valence-electron chi connectivity index (χ1n) is 11.6. The van der Waals surface area contributed by atoms with Gasteiger partial charge in [0.2, 0.25) is 5.91 Å². The number of sulfonamides is 1. The summed E-state index contributed by atoms with van der Waals surface area (Å²) < 4.78 is 30.1. The normalized spacial score (nSPS) is 15.8. The number of thiazole rings is 1. The van der Waals surface area contributed by atoms with Crippen LogP contribution < -0.4 is 4.90 Å². The third-order valence-electron chi connectivity index (χ3n) is 6.32. The quantitative estimate of drug-likeness (QED) is 0.314. The van der Waals surface area contributed by atoms with Crippen LogP contribution in [0.15, 0.2) is 39.0 Å². The first-order valence-corrected chi connectivity index (χ1v) is 15.8. The molecule has 2 aromatic heterocycles. The Labute approximate surface area is 227 Å². The summed E-state index contributed by atoms with van der Waals surface area (Å²) in [6.45, 7) is 7.97. The van der Waals surface area contributed by atoms with Gasteiger partial charge in [-0.05, 0) is 56.3 Å². The number of aromatic nitrogens is 1. The van der Waals surface area contributed by atoms with Gasteiger partial charge in [-0.25, -0.2) is 13.4 Å². The van der Waals surface area contributed by atoms with E-state index in [1.54, 1.807) is 12.1 Å². The predicted molar refractivity (Wildman–Crippen MR) is 148 cm³/mol. The Balaban J connectivity index is 1.51. The van der Waals surface area contributed by atoms with Crippen LogP contribution >= 0.6 is 50.2 Å². The molecule has 3 heterocycles. The van der Waals surface area contributed by atoms with E-state index in [4.69, 9.17) is 16.6 Å². The minimum absolute atomic E-state index is 0.0199. The van der Waals surface area contributed by atoms with Crippen LogP contribution in [-0.2, 0) is 14.8 Å². The van der Waals surface area contributed by atoms with Gasteiger partial charge in [0.25, 0.3) is 10.0 Å². The second-order valence-corrected chi connectivity index (χ2v) is 14.2. The van der Waals surface area contributed by atoms with Gasteiger partial charge < -0.3 is 4.90 Å². The Morgan fingerprint density at radius 2 is 1.86 bits per heavy atom. The molecule has 0 N–H and O–H groups in total. The molecule has 1 amide bonds. The van der Waals surface area contributed by atoms with E-state index in [1.165, 1.54) is 15.6 Å². The lowest BCUT2D eigenvalue weighted by Gasteiger charge is -2.33. The van der Waals surface area contributed by atoms with E-state index in [9.17, 15) is 13.2 Å². The van der Waals surface area contributed by atoms with Gasteiger partial charge in [0.1, 0.15) is 4.21 Å². The summed E-state index contributed by atoms with van der Waals surface area (Å²) in [5.41, 5.74) is 0.865. The second-order valence-electron chi connectivity index (χ2n) is 8.36. The van der Waals surface area contributed by atoms with Gasteiger partial charge in [-0.2, -0.15) is 4.31 Å². The van der Waals surface area contributed by atoms with Gasteiger partial charge in [0.05, 0.1) is 14.6 Å². The third-order valence-corrected chi connectivity index (χ3v) is 11.4. The number of hydrogen-bond acceptors (Lipinski definition) is 7. The standard InChI is InChI=1S/C23H28BrClN4O3S3/c1-3-27(4-2)13-14-29(23-26-18-6-5-17(24)15-19(18)33-23)22(30)16-9-11-28(12-10-16)35(31,32)21-8-7-20(25)34-21/h5-8,15-16H,3-4,9-14H2,1-2H3. The summed E-state index contributed by atoms with van der Waals surface area (Å²) in [5.74, 6) is -0.227. The molecule has 0 radical (unpaired) electrons. The number of carbonyl (C=O) groups is 1. The van der Waals surface area contributed by atoms with Crippen molar-refractivity contribution < 1.29 is 13.2 Å². The average Bonchev–Trinajstić information content (AvgIpc) is 3.48. The maximum Gasteiger partial charge on any atom is 0.252 e. The Hall–Kier alpha value is -1.08. The van der Waals surface area contributed by atoms with E-state index in [2.05, 4.69) is 34.7 Å². The molecular weight excluding hydrogens is 592 g/mol. The molecule has 0 spiro atoms. The van der Waals surface area contributed by atoms with Crippen LogP contribution in [0.2, 0.25) is 4.34 Å². The van der Waals surface area contributed by atoms with Crippen LogP contribution in [0.1, 0.15) is 26.7 Å². The number of nitrogens with zero attached hydrogens (tertiary/aromatic N) is 4. The number of rotatable bonds is 9.